The van der Waals surface area contributed by atoms with E-state index in [0.29, 0.717) is 5.82 Å². The molecule has 0 radical (unpaired) electrons. The van der Waals surface area contributed by atoms with Crippen molar-refractivity contribution in [2.24, 2.45) is 0 Å². The molecule has 0 aliphatic rings. The van der Waals surface area contributed by atoms with Crippen molar-refractivity contribution in [3.05, 3.63) is 54.8 Å². The van der Waals surface area contributed by atoms with E-state index in [-0.39, 0.29) is 0 Å². The van der Waals surface area contributed by atoms with E-state index >= 15 is 0 Å². The highest BCUT2D eigenvalue weighted by molar-refractivity contribution is 5.70. The molecule has 0 N–H and O–H groups in total. The van der Waals surface area contributed by atoms with Crippen molar-refractivity contribution >= 4 is 5.57 Å². The fourth-order valence-electron chi connectivity index (χ4n) is 1.53. The second-order valence-electron chi connectivity index (χ2n) is 4.13. The molecule has 0 spiro atoms. The molecular weight excluding hydrogens is 222 g/mol. The molecule has 1 heterocycles. The van der Waals surface area contributed by atoms with Gasteiger partial charge in [-0.1, -0.05) is 19.6 Å². The van der Waals surface area contributed by atoms with Crippen molar-refractivity contribution in [2.45, 2.75) is 20.3 Å². The Hall–Kier alpha value is -1.90. The van der Waals surface area contributed by atoms with Crippen LogP contribution in [0, 0.1) is 0 Å². The van der Waals surface area contributed by atoms with Crippen LogP contribution in [-0.2, 0) is 0 Å². The minimum absolute atomic E-state index is 0.703. The minimum Gasteiger partial charge on any atom is -0.378 e. The van der Waals surface area contributed by atoms with Gasteiger partial charge >= 0.3 is 0 Å². The fourth-order valence-corrected chi connectivity index (χ4v) is 1.53. The van der Waals surface area contributed by atoms with Crippen molar-refractivity contribution in [3.8, 4) is 0 Å². The lowest BCUT2D eigenvalue weighted by atomic mass is 10.2. The summed E-state index contributed by atoms with van der Waals surface area (Å²) < 4.78 is 0. The first-order valence-corrected chi connectivity index (χ1v) is 6.18. The van der Waals surface area contributed by atoms with Crippen LogP contribution in [0.4, 0.5) is 0 Å². The second-order valence-corrected chi connectivity index (χ2v) is 4.13. The van der Waals surface area contributed by atoms with Crippen molar-refractivity contribution in [1.82, 2.24) is 14.9 Å². The van der Waals surface area contributed by atoms with Crippen LogP contribution in [0.2, 0.25) is 0 Å². The van der Waals surface area contributed by atoms with Gasteiger partial charge in [-0.25, -0.2) is 9.97 Å². The lowest BCUT2D eigenvalue weighted by Crippen LogP contribution is -2.16. The van der Waals surface area contributed by atoms with E-state index in [4.69, 9.17) is 0 Å². The van der Waals surface area contributed by atoms with Crippen LogP contribution < -0.4 is 0 Å². The van der Waals surface area contributed by atoms with Crippen LogP contribution >= 0.6 is 0 Å². The molecule has 0 saturated carbocycles. The van der Waals surface area contributed by atoms with Gasteiger partial charge in [0.25, 0.3) is 0 Å². The molecule has 0 aliphatic heterocycles. The van der Waals surface area contributed by atoms with Gasteiger partial charge in [0.05, 0.1) is 0 Å². The number of hydrogen-bond donors (Lipinski definition) is 0. The Morgan fingerprint density at radius 1 is 1.33 bits per heavy atom. The summed E-state index contributed by atoms with van der Waals surface area (Å²) in [5, 5.41) is 0. The summed E-state index contributed by atoms with van der Waals surface area (Å²) in [6, 6.07) is 1.81. The number of rotatable bonds is 6. The van der Waals surface area contributed by atoms with Crippen molar-refractivity contribution in [2.75, 3.05) is 13.6 Å². The third kappa shape index (κ3) is 4.17. The third-order valence-electron chi connectivity index (χ3n) is 2.71. The highest BCUT2D eigenvalue weighted by Gasteiger charge is 1.99. The van der Waals surface area contributed by atoms with Crippen LogP contribution in [0.25, 0.3) is 5.57 Å². The first-order valence-electron chi connectivity index (χ1n) is 6.18. The smallest absolute Gasteiger partial charge is 0.159 e. The molecule has 0 unspecified atom stereocenters. The van der Waals surface area contributed by atoms with Gasteiger partial charge in [0, 0.05) is 37.3 Å². The molecule has 3 heteroatoms. The zero-order valence-electron chi connectivity index (χ0n) is 11.4. The molecule has 1 rings (SSSR count). The van der Waals surface area contributed by atoms with Gasteiger partial charge in [-0.15, -0.1) is 0 Å². The third-order valence-corrected chi connectivity index (χ3v) is 2.71. The van der Waals surface area contributed by atoms with Crippen LogP contribution in [0.5, 0.6) is 0 Å². The molecule has 0 amide bonds. The van der Waals surface area contributed by atoms with E-state index in [1.807, 2.05) is 6.08 Å². The summed E-state index contributed by atoms with van der Waals surface area (Å²) in [4.78, 5) is 10.7. The molecular formula is C15H21N3. The van der Waals surface area contributed by atoms with Crippen molar-refractivity contribution < 1.29 is 0 Å². The highest BCUT2D eigenvalue weighted by Crippen LogP contribution is 2.11. The minimum atomic E-state index is 0.703. The van der Waals surface area contributed by atoms with E-state index in [1.54, 1.807) is 24.5 Å². The summed E-state index contributed by atoms with van der Waals surface area (Å²) in [6.07, 6.45) is 10.5. The van der Waals surface area contributed by atoms with Gasteiger partial charge in [-0.3, -0.25) is 0 Å². The van der Waals surface area contributed by atoms with Gasteiger partial charge < -0.3 is 4.90 Å². The maximum atomic E-state index is 4.22. The molecule has 0 bridgehead atoms. The van der Waals surface area contributed by atoms with E-state index in [1.165, 1.54) is 5.70 Å². The van der Waals surface area contributed by atoms with Crippen LogP contribution in [0.15, 0.2) is 49.0 Å². The quantitative estimate of drug-likeness (QED) is 0.718. The van der Waals surface area contributed by atoms with Crippen molar-refractivity contribution in [1.29, 1.82) is 0 Å². The maximum Gasteiger partial charge on any atom is 0.159 e. The lowest BCUT2D eigenvalue weighted by molar-refractivity contribution is 0.418. The molecule has 0 aliphatic carbocycles. The average molecular weight is 243 g/mol. The first-order chi connectivity index (χ1) is 8.69. The molecule has 0 atom stereocenters. The molecule has 96 valence electrons. The van der Waals surface area contributed by atoms with Gasteiger partial charge in [0.2, 0.25) is 0 Å². The molecule has 0 fully saturated rings. The topological polar surface area (TPSA) is 29.0 Å². The van der Waals surface area contributed by atoms with Gasteiger partial charge in [-0.2, -0.15) is 0 Å². The summed E-state index contributed by atoms with van der Waals surface area (Å²) in [5.74, 6) is 0.703. The van der Waals surface area contributed by atoms with E-state index < -0.39 is 0 Å². The maximum absolute atomic E-state index is 4.22. The molecule has 3 nitrogen and oxygen atoms in total. The predicted octanol–water partition coefficient (Wildman–Crippen LogP) is 3.29. The normalized spacial score (nSPS) is 12.4. The molecule has 0 saturated heterocycles. The van der Waals surface area contributed by atoms with Crippen LogP contribution in [0.3, 0.4) is 0 Å². The molecule has 1 aromatic rings. The Labute approximate surface area is 110 Å². The van der Waals surface area contributed by atoms with Crippen LogP contribution in [-0.4, -0.2) is 28.5 Å². The fraction of sp³-hybridized carbons (Fsp3) is 0.333. The van der Waals surface area contributed by atoms with Gasteiger partial charge in [-0.05, 0) is 31.6 Å². The van der Waals surface area contributed by atoms with Crippen LogP contribution in [0.1, 0.15) is 26.1 Å². The molecule has 1 aromatic heterocycles. The predicted molar refractivity (Wildman–Crippen MR) is 76.9 cm³/mol. The summed E-state index contributed by atoms with van der Waals surface area (Å²) in [7, 11) is 2.09. The summed E-state index contributed by atoms with van der Waals surface area (Å²) in [5.41, 5.74) is 2.15. The van der Waals surface area contributed by atoms with E-state index in [0.717, 1.165) is 18.5 Å². The largest absolute Gasteiger partial charge is 0.378 e. The second kappa shape index (κ2) is 7.43. The Kier molecular flexibility index (Phi) is 5.85. The molecule has 18 heavy (non-hydrogen) atoms. The lowest BCUT2D eigenvalue weighted by Gasteiger charge is -2.18. The Morgan fingerprint density at radius 3 is 2.56 bits per heavy atom. The van der Waals surface area contributed by atoms with Gasteiger partial charge in [0.1, 0.15) is 0 Å². The highest BCUT2D eigenvalue weighted by atomic mass is 15.1. The Morgan fingerprint density at radius 2 is 2.00 bits per heavy atom. The monoisotopic (exact) mass is 243 g/mol. The number of nitrogens with zero attached hydrogens (tertiary/aromatic N) is 3. The first kappa shape index (κ1) is 14.2. The summed E-state index contributed by atoms with van der Waals surface area (Å²) >= 11 is 0. The molecule has 0 aromatic carbocycles. The number of hydrogen-bond acceptors (Lipinski definition) is 3. The standard InChI is InChI=1S/C15H21N3/c1-5-12-18(4)13(3)8-9-14(6-2)15-16-10-7-11-17-15/h6-11H,2,5,12H2,1,3-4H3/b13-8+,14-9+. The van der Waals surface area contributed by atoms with E-state index in [9.17, 15) is 0 Å². The van der Waals surface area contributed by atoms with E-state index in [2.05, 4.69) is 48.4 Å². The summed E-state index contributed by atoms with van der Waals surface area (Å²) in [6.45, 7) is 9.13. The van der Waals surface area contributed by atoms with Gasteiger partial charge in [0.15, 0.2) is 5.82 Å². The Bertz CT molecular complexity index is 432. The number of allylic oxidation sites excluding steroid dienone is 5. The zero-order valence-corrected chi connectivity index (χ0v) is 11.4. The van der Waals surface area contributed by atoms with Crippen molar-refractivity contribution in [3.63, 3.8) is 0 Å². The number of aromatic nitrogens is 2. The SMILES string of the molecule is C=C/C(=C\C=C(/C)N(C)CCC)c1ncccn1. The zero-order chi connectivity index (χ0) is 13.4. The average Bonchev–Trinajstić information content (AvgIpc) is 2.40. The Balaban J connectivity index is 2.86.